The van der Waals surface area contributed by atoms with Crippen LogP contribution in [0.3, 0.4) is 0 Å². The molecule has 4 rings (SSSR count). The Morgan fingerprint density at radius 3 is 2.50 bits per heavy atom. The Morgan fingerprint density at radius 1 is 1.00 bits per heavy atom. The first kappa shape index (κ1) is 12.8. The van der Waals surface area contributed by atoms with Crippen LogP contribution >= 0.6 is 0 Å². The van der Waals surface area contributed by atoms with Crippen LogP contribution in [0.2, 0.25) is 0 Å². The maximum Gasteiger partial charge on any atom is 0.272 e. The van der Waals surface area contributed by atoms with Gasteiger partial charge in [-0.05, 0) is 17.7 Å². The molecule has 0 radical (unpaired) electrons. The highest BCUT2D eigenvalue weighted by atomic mass is 16.1. The van der Waals surface area contributed by atoms with Crippen molar-refractivity contribution in [3.63, 3.8) is 0 Å². The van der Waals surface area contributed by atoms with Crippen LogP contribution in [0.4, 0.5) is 0 Å². The SMILES string of the molecule is Cn1cc(Cc2n[nH]c(=O)c3ccccc23)c2ccccc21. The Hall–Kier alpha value is -2.88. The number of H-pyrrole nitrogens is 1. The summed E-state index contributed by atoms with van der Waals surface area (Å²) in [5.41, 5.74) is 3.16. The molecule has 0 saturated heterocycles. The molecule has 22 heavy (non-hydrogen) atoms. The van der Waals surface area contributed by atoms with Crippen LogP contribution in [0.25, 0.3) is 21.7 Å². The summed E-state index contributed by atoms with van der Waals surface area (Å²) in [6.07, 6.45) is 2.82. The number of para-hydroxylation sites is 1. The van der Waals surface area contributed by atoms with E-state index in [0.29, 0.717) is 11.8 Å². The summed E-state index contributed by atoms with van der Waals surface area (Å²) in [4.78, 5) is 11.9. The molecular formula is C18H15N3O. The number of aryl methyl sites for hydroxylation is 1. The van der Waals surface area contributed by atoms with E-state index in [1.165, 1.54) is 16.5 Å². The predicted molar refractivity (Wildman–Crippen MR) is 88.1 cm³/mol. The monoisotopic (exact) mass is 289 g/mol. The van der Waals surface area contributed by atoms with Crippen molar-refractivity contribution in [1.82, 2.24) is 14.8 Å². The maximum atomic E-state index is 11.9. The maximum absolute atomic E-state index is 11.9. The van der Waals surface area contributed by atoms with Crippen molar-refractivity contribution in [2.45, 2.75) is 6.42 Å². The lowest BCUT2D eigenvalue weighted by Gasteiger charge is -2.04. The normalized spacial score (nSPS) is 11.3. The molecule has 0 aliphatic heterocycles. The van der Waals surface area contributed by atoms with Crippen molar-refractivity contribution < 1.29 is 0 Å². The number of rotatable bonds is 2. The summed E-state index contributed by atoms with van der Waals surface area (Å²) >= 11 is 0. The first-order valence-electron chi connectivity index (χ1n) is 7.23. The van der Waals surface area contributed by atoms with Crippen molar-refractivity contribution in [2.75, 3.05) is 0 Å². The smallest absolute Gasteiger partial charge is 0.272 e. The van der Waals surface area contributed by atoms with E-state index < -0.39 is 0 Å². The molecule has 0 atom stereocenters. The van der Waals surface area contributed by atoms with Crippen LogP contribution in [0, 0.1) is 0 Å². The number of nitrogens with zero attached hydrogens (tertiary/aromatic N) is 2. The molecule has 0 aliphatic carbocycles. The van der Waals surface area contributed by atoms with Crippen molar-refractivity contribution in [3.05, 3.63) is 76.3 Å². The highest BCUT2D eigenvalue weighted by molar-refractivity contribution is 5.87. The molecular weight excluding hydrogens is 274 g/mol. The lowest BCUT2D eigenvalue weighted by Crippen LogP contribution is -2.11. The Balaban J connectivity index is 1.90. The molecule has 0 amide bonds. The van der Waals surface area contributed by atoms with Gasteiger partial charge in [-0.15, -0.1) is 0 Å². The minimum Gasteiger partial charge on any atom is -0.350 e. The molecule has 4 nitrogen and oxygen atoms in total. The number of benzene rings is 2. The van der Waals surface area contributed by atoms with Crippen molar-refractivity contribution in [3.8, 4) is 0 Å². The summed E-state index contributed by atoms with van der Waals surface area (Å²) < 4.78 is 2.12. The van der Waals surface area contributed by atoms with Gasteiger partial charge in [-0.2, -0.15) is 5.10 Å². The van der Waals surface area contributed by atoms with E-state index in [-0.39, 0.29) is 5.56 Å². The largest absolute Gasteiger partial charge is 0.350 e. The standard InChI is InChI=1S/C18H15N3O/c1-21-11-12(13-6-4-5-9-17(13)21)10-16-14-7-2-3-8-15(14)18(22)20-19-16/h2-9,11H,10H2,1H3,(H,20,22). The molecule has 0 fully saturated rings. The fourth-order valence-electron chi connectivity index (χ4n) is 3.05. The predicted octanol–water partition coefficient (Wildman–Crippen LogP) is 3.01. The molecule has 1 N–H and O–H groups in total. The van der Waals surface area contributed by atoms with Crippen LogP contribution in [0.15, 0.2) is 59.5 Å². The molecule has 4 heteroatoms. The molecule has 0 bridgehead atoms. The zero-order chi connectivity index (χ0) is 15.1. The summed E-state index contributed by atoms with van der Waals surface area (Å²) in [5.74, 6) is 0. The third kappa shape index (κ3) is 1.92. The van der Waals surface area contributed by atoms with Gasteiger partial charge in [-0.1, -0.05) is 36.4 Å². The Morgan fingerprint density at radius 2 is 1.68 bits per heavy atom. The van der Waals surface area contributed by atoms with E-state index in [0.717, 1.165) is 11.1 Å². The summed E-state index contributed by atoms with van der Waals surface area (Å²) in [6.45, 7) is 0. The Bertz CT molecular complexity index is 1040. The average Bonchev–Trinajstić information content (AvgIpc) is 2.87. The van der Waals surface area contributed by atoms with Crippen LogP contribution in [0.1, 0.15) is 11.3 Å². The Kier molecular flexibility index (Phi) is 2.82. The fourth-order valence-corrected chi connectivity index (χ4v) is 3.05. The molecule has 0 saturated carbocycles. The number of hydrogen-bond donors (Lipinski definition) is 1. The van der Waals surface area contributed by atoms with Gasteiger partial charge in [0.2, 0.25) is 0 Å². The first-order chi connectivity index (χ1) is 10.7. The zero-order valence-electron chi connectivity index (χ0n) is 12.2. The van der Waals surface area contributed by atoms with E-state index in [9.17, 15) is 4.79 Å². The number of nitrogens with one attached hydrogen (secondary N) is 1. The highest BCUT2D eigenvalue weighted by Crippen LogP contribution is 2.24. The minimum atomic E-state index is -0.141. The van der Waals surface area contributed by atoms with E-state index in [1.807, 2.05) is 43.4 Å². The molecule has 0 unspecified atom stereocenters. The van der Waals surface area contributed by atoms with E-state index >= 15 is 0 Å². The van der Waals surface area contributed by atoms with Gasteiger partial charge in [-0.25, -0.2) is 5.10 Å². The number of aromatic amines is 1. The molecule has 0 aliphatic rings. The molecule has 2 aromatic heterocycles. The van der Waals surface area contributed by atoms with E-state index in [4.69, 9.17) is 0 Å². The molecule has 2 heterocycles. The first-order valence-corrected chi connectivity index (χ1v) is 7.23. The van der Waals surface area contributed by atoms with Crippen LogP contribution in [0.5, 0.6) is 0 Å². The highest BCUT2D eigenvalue weighted by Gasteiger charge is 2.11. The quantitative estimate of drug-likeness (QED) is 0.616. The minimum absolute atomic E-state index is 0.141. The molecule has 108 valence electrons. The summed E-state index contributed by atoms with van der Waals surface area (Å²) in [5, 5.41) is 9.70. The number of fused-ring (bicyclic) bond motifs is 2. The second-order valence-corrected chi connectivity index (χ2v) is 5.50. The molecule has 0 spiro atoms. The lowest BCUT2D eigenvalue weighted by molar-refractivity contribution is 0.922. The van der Waals surface area contributed by atoms with Crippen LogP contribution in [-0.4, -0.2) is 14.8 Å². The van der Waals surface area contributed by atoms with Gasteiger partial charge in [0.1, 0.15) is 0 Å². The third-order valence-corrected chi connectivity index (χ3v) is 4.11. The second-order valence-electron chi connectivity index (χ2n) is 5.50. The van der Waals surface area contributed by atoms with Gasteiger partial charge >= 0.3 is 0 Å². The van der Waals surface area contributed by atoms with Gasteiger partial charge in [0.05, 0.1) is 11.1 Å². The Labute approximate surface area is 127 Å². The van der Waals surface area contributed by atoms with Crippen molar-refractivity contribution in [1.29, 1.82) is 0 Å². The number of aromatic nitrogens is 3. The van der Waals surface area contributed by atoms with Crippen LogP contribution in [-0.2, 0) is 13.5 Å². The molecule has 4 aromatic rings. The third-order valence-electron chi connectivity index (χ3n) is 4.11. The van der Waals surface area contributed by atoms with Gasteiger partial charge in [0.15, 0.2) is 0 Å². The topological polar surface area (TPSA) is 50.7 Å². The number of hydrogen-bond acceptors (Lipinski definition) is 2. The van der Waals surface area contributed by atoms with Crippen molar-refractivity contribution in [2.24, 2.45) is 7.05 Å². The van der Waals surface area contributed by atoms with Gasteiger partial charge in [0, 0.05) is 36.0 Å². The zero-order valence-corrected chi connectivity index (χ0v) is 12.2. The molecule has 2 aromatic carbocycles. The van der Waals surface area contributed by atoms with Gasteiger partial charge in [0.25, 0.3) is 5.56 Å². The van der Waals surface area contributed by atoms with Gasteiger partial charge in [-0.3, -0.25) is 4.79 Å². The van der Waals surface area contributed by atoms with E-state index in [2.05, 4.69) is 33.1 Å². The van der Waals surface area contributed by atoms with E-state index in [1.54, 1.807) is 0 Å². The fraction of sp³-hybridized carbons (Fsp3) is 0.111. The summed E-state index contributed by atoms with van der Waals surface area (Å²) in [7, 11) is 2.05. The van der Waals surface area contributed by atoms with Crippen LogP contribution < -0.4 is 5.56 Å². The van der Waals surface area contributed by atoms with Crippen molar-refractivity contribution >= 4 is 21.7 Å². The van der Waals surface area contributed by atoms with Gasteiger partial charge < -0.3 is 4.57 Å². The second kappa shape index (κ2) is 4.84. The lowest BCUT2D eigenvalue weighted by atomic mass is 10.0. The average molecular weight is 289 g/mol. The summed E-state index contributed by atoms with van der Waals surface area (Å²) in [6, 6.07) is 15.9.